The highest BCUT2D eigenvalue weighted by molar-refractivity contribution is 9.10. The van der Waals surface area contributed by atoms with Gasteiger partial charge < -0.3 is 20.9 Å². The number of halogens is 1. The Balaban J connectivity index is 3.36. The van der Waals surface area contributed by atoms with Gasteiger partial charge in [-0.25, -0.2) is 0 Å². The summed E-state index contributed by atoms with van der Waals surface area (Å²) in [5.74, 6) is 0.273. The molecule has 17 heavy (non-hydrogen) atoms. The largest absolute Gasteiger partial charge is 0.495 e. The highest BCUT2D eigenvalue weighted by atomic mass is 79.9. The van der Waals surface area contributed by atoms with Gasteiger partial charge in [-0.15, -0.1) is 0 Å². The van der Waals surface area contributed by atoms with Gasteiger partial charge >= 0.3 is 0 Å². The van der Waals surface area contributed by atoms with Gasteiger partial charge in [-0.1, -0.05) is 15.9 Å². The lowest BCUT2D eigenvalue weighted by atomic mass is 10.0. The van der Waals surface area contributed by atoms with Crippen LogP contribution in [0.1, 0.15) is 18.5 Å². The lowest BCUT2D eigenvalue weighted by molar-refractivity contribution is -0.114. The van der Waals surface area contributed by atoms with E-state index < -0.39 is 6.04 Å². The first-order chi connectivity index (χ1) is 8.01. The Morgan fingerprint density at radius 1 is 1.65 bits per heavy atom. The van der Waals surface area contributed by atoms with Gasteiger partial charge in [-0.05, 0) is 12.1 Å². The molecule has 0 radical (unpaired) electrons. The predicted octanol–water partition coefficient (Wildman–Crippen LogP) is 1.41. The molecular weight excluding hydrogens is 288 g/mol. The van der Waals surface area contributed by atoms with Crippen LogP contribution in [0.25, 0.3) is 0 Å². The third-order valence-electron chi connectivity index (χ3n) is 2.24. The van der Waals surface area contributed by atoms with Crippen molar-refractivity contribution < 1.29 is 14.6 Å². The summed E-state index contributed by atoms with van der Waals surface area (Å²) >= 11 is 3.34. The Bertz CT molecular complexity index is 423. The molecule has 0 saturated heterocycles. The van der Waals surface area contributed by atoms with E-state index in [4.69, 9.17) is 15.6 Å². The predicted molar refractivity (Wildman–Crippen MR) is 69.0 cm³/mol. The van der Waals surface area contributed by atoms with Crippen molar-refractivity contribution in [2.45, 2.75) is 13.0 Å². The van der Waals surface area contributed by atoms with Gasteiger partial charge in [0.1, 0.15) is 5.75 Å². The smallest absolute Gasteiger partial charge is 0.221 e. The third-order valence-corrected chi connectivity index (χ3v) is 2.93. The van der Waals surface area contributed by atoms with Crippen LogP contribution in [0.3, 0.4) is 0 Å². The molecule has 4 N–H and O–H groups in total. The zero-order chi connectivity index (χ0) is 13.0. The molecule has 94 valence electrons. The van der Waals surface area contributed by atoms with Crippen molar-refractivity contribution in [1.82, 2.24) is 0 Å². The molecule has 0 aliphatic carbocycles. The molecule has 1 unspecified atom stereocenters. The minimum Gasteiger partial charge on any atom is -0.495 e. The number of carbonyl (C=O) groups excluding carboxylic acids is 1. The van der Waals surface area contributed by atoms with Crippen LogP contribution in [-0.4, -0.2) is 24.7 Å². The average Bonchev–Trinajstić information content (AvgIpc) is 2.28. The summed E-state index contributed by atoms with van der Waals surface area (Å²) < 4.78 is 5.88. The quantitative estimate of drug-likeness (QED) is 0.785. The van der Waals surface area contributed by atoms with Gasteiger partial charge in [0.05, 0.1) is 25.4 Å². The number of nitrogens with one attached hydrogen (secondary N) is 1. The second-order valence-corrected chi connectivity index (χ2v) is 4.36. The Hall–Kier alpha value is -1.11. The van der Waals surface area contributed by atoms with E-state index in [1.165, 1.54) is 14.0 Å². The summed E-state index contributed by atoms with van der Waals surface area (Å²) in [7, 11) is 1.50. The van der Waals surface area contributed by atoms with E-state index in [1.54, 1.807) is 12.1 Å². The number of aliphatic hydroxyl groups is 1. The minimum absolute atomic E-state index is 0.224. The molecule has 0 saturated carbocycles. The van der Waals surface area contributed by atoms with Crippen molar-refractivity contribution in [3.8, 4) is 5.75 Å². The van der Waals surface area contributed by atoms with E-state index >= 15 is 0 Å². The van der Waals surface area contributed by atoms with Crippen LogP contribution in [0.15, 0.2) is 16.6 Å². The van der Waals surface area contributed by atoms with Crippen LogP contribution in [0, 0.1) is 0 Å². The number of amides is 1. The van der Waals surface area contributed by atoms with Gasteiger partial charge in [0.2, 0.25) is 5.91 Å². The van der Waals surface area contributed by atoms with Crippen molar-refractivity contribution in [3.05, 3.63) is 22.2 Å². The molecule has 1 aromatic rings. The average molecular weight is 303 g/mol. The fraction of sp³-hybridized carbons (Fsp3) is 0.364. The first-order valence-electron chi connectivity index (χ1n) is 5.01. The Morgan fingerprint density at radius 2 is 2.29 bits per heavy atom. The zero-order valence-electron chi connectivity index (χ0n) is 9.66. The van der Waals surface area contributed by atoms with Gasteiger partial charge in [0, 0.05) is 17.0 Å². The fourth-order valence-electron chi connectivity index (χ4n) is 1.50. The number of rotatable bonds is 4. The summed E-state index contributed by atoms with van der Waals surface area (Å²) in [5, 5.41) is 11.8. The Morgan fingerprint density at radius 3 is 2.76 bits per heavy atom. The number of methoxy groups -OCH3 is 1. The number of anilines is 1. The maximum absolute atomic E-state index is 11.2. The summed E-state index contributed by atoms with van der Waals surface area (Å²) in [5.41, 5.74) is 6.90. The molecule has 6 heteroatoms. The molecule has 0 spiro atoms. The molecule has 0 heterocycles. The maximum Gasteiger partial charge on any atom is 0.221 e. The second-order valence-electron chi connectivity index (χ2n) is 3.51. The number of aliphatic hydroxyl groups excluding tert-OH is 1. The second kappa shape index (κ2) is 6.00. The van der Waals surface area contributed by atoms with Gasteiger partial charge in [0.25, 0.3) is 0 Å². The Kier molecular flexibility index (Phi) is 4.92. The van der Waals surface area contributed by atoms with Crippen LogP contribution < -0.4 is 15.8 Å². The molecule has 0 bridgehead atoms. The molecule has 0 aromatic heterocycles. The monoisotopic (exact) mass is 302 g/mol. The summed E-state index contributed by atoms with van der Waals surface area (Å²) in [4.78, 5) is 11.2. The first kappa shape index (κ1) is 14.0. The number of ether oxygens (including phenoxy) is 1. The molecule has 0 fully saturated rings. The number of nitrogens with two attached hydrogens (primary N) is 1. The number of carbonyl (C=O) groups is 1. The molecular formula is C11H15BrN2O3. The van der Waals surface area contributed by atoms with Crippen molar-refractivity contribution in [1.29, 1.82) is 0 Å². The Labute approximate surface area is 108 Å². The standard InChI is InChI=1S/C11H15BrN2O3/c1-6(16)14-11-9(17-2)4-3-7(12)10(11)8(13)5-15/h3-4,8,15H,5,13H2,1-2H3,(H,14,16). The molecule has 1 rings (SSSR count). The van der Waals surface area contributed by atoms with E-state index in [-0.39, 0.29) is 12.5 Å². The highest BCUT2D eigenvalue weighted by Gasteiger charge is 2.19. The zero-order valence-corrected chi connectivity index (χ0v) is 11.2. The van der Waals surface area contributed by atoms with Crippen LogP contribution in [0.2, 0.25) is 0 Å². The fourth-order valence-corrected chi connectivity index (χ4v) is 2.13. The number of hydrogen-bond acceptors (Lipinski definition) is 4. The summed E-state index contributed by atoms with van der Waals surface area (Å²) in [6.07, 6.45) is 0. The maximum atomic E-state index is 11.2. The van der Waals surface area contributed by atoms with Gasteiger partial charge in [-0.3, -0.25) is 4.79 Å². The van der Waals surface area contributed by atoms with Crippen molar-refractivity contribution in [2.75, 3.05) is 19.0 Å². The van der Waals surface area contributed by atoms with E-state index in [9.17, 15) is 4.79 Å². The van der Waals surface area contributed by atoms with Gasteiger partial charge in [0.15, 0.2) is 0 Å². The molecule has 0 aliphatic heterocycles. The number of benzene rings is 1. The van der Waals surface area contributed by atoms with Crippen molar-refractivity contribution in [3.63, 3.8) is 0 Å². The highest BCUT2D eigenvalue weighted by Crippen LogP contribution is 2.37. The molecule has 1 amide bonds. The summed E-state index contributed by atoms with van der Waals surface area (Å²) in [6, 6.07) is 2.87. The minimum atomic E-state index is -0.596. The molecule has 5 nitrogen and oxygen atoms in total. The van der Waals surface area contributed by atoms with Crippen LogP contribution >= 0.6 is 15.9 Å². The van der Waals surface area contributed by atoms with E-state index in [0.717, 1.165) is 0 Å². The topological polar surface area (TPSA) is 84.6 Å². The normalized spacial score (nSPS) is 12.1. The van der Waals surface area contributed by atoms with Crippen LogP contribution in [0.5, 0.6) is 5.75 Å². The lowest BCUT2D eigenvalue weighted by Crippen LogP contribution is -2.19. The number of hydrogen-bond donors (Lipinski definition) is 3. The van der Waals surface area contributed by atoms with Crippen molar-refractivity contribution >= 4 is 27.5 Å². The molecule has 0 aliphatic rings. The first-order valence-corrected chi connectivity index (χ1v) is 5.81. The SMILES string of the molecule is COc1ccc(Br)c(C(N)CO)c1NC(C)=O. The van der Waals surface area contributed by atoms with Gasteiger partial charge in [-0.2, -0.15) is 0 Å². The molecule has 1 aromatic carbocycles. The van der Waals surface area contributed by atoms with Crippen molar-refractivity contribution in [2.24, 2.45) is 5.73 Å². The summed E-state index contributed by atoms with van der Waals surface area (Å²) in [6.45, 7) is 1.17. The van der Waals surface area contributed by atoms with Crippen LogP contribution in [-0.2, 0) is 4.79 Å². The third kappa shape index (κ3) is 3.18. The molecule has 1 atom stereocenters. The van der Waals surface area contributed by atoms with Crippen LogP contribution in [0.4, 0.5) is 5.69 Å². The van der Waals surface area contributed by atoms with E-state index in [0.29, 0.717) is 21.5 Å². The lowest BCUT2D eigenvalue weighted by Gasteiger charge is -2.19. The van der Waals surface area contributed by atoms with E-state index in [2.05, 4.69) is 21.2 Å². The van der Waals surface area contributed by atoms with E-state index in [1.807, 2.05) is 0 Å².